The van der Waals surface area contributed by atoms with Crippen molar-refractivity contribution in [1.29, 1.82) is 0 Å². The molecule has 3 nitrogen and oxygen atoms in total. The lowest BCUT2D eigenvalue weighted by Gasteiger charge is -2.48. The smallest absolute Gasteiger partial charge is 0.252 e. The molecule has 0 bridgehead atoms. The molecule has 7 aromatic carbocycles. The Balaban J connectivity index is 1.32. The van der Waals surface area contributed by atoms with Crippen LogP contribution in [0.2, 0.25) is 0 Å². The highest BCUT2D eigenvalue weighted by molar-refractivity contribution is 7.00. The van der Waals surface area contributed by atoms with Gasteiger partial charge in [-0.05, 0) is 178 Å². The van der Waals surface area contributed by atoms with Crippen LogP contribution in [0.25, 0.3) is 0 Å². The molecule has 0 N–H and O–H groups in total. The van der Waals surface area contributed by atoms with Gasteiger partial charge in [0.05, 0.1) is 11.4 Å². The van der Waals surface area contributed by atoms with Crippen molar-refractivity contribution in [1.82, 2.24) is 0 Å². The van der Waals surface area contributed by atoms with Gasteiger partial charge in [-0.1, -0.05) is 148 Å². The highest BCUT2D eigenvalue weighted by Crippen LogP contribution is 2.52. The highest BCUT2D eigenvalue weighted by Gasteiger charge is 2.47. The summed E-state index contributed by atoms with van der Waals surface area (Å²) >= 11 is 0. The van der Waals surface area contributed by atoms with Gasteiger partial charge in [-0.15, -0.1) is 0 Å². The molecule has 10 rings (SSSR count). The van der Waals surface area contributed by atoms with Crippen LogP contribution in [-0.2, 0) is 21.7 Å². The van der Waals surface area contributed by atoms with Crippen molar-refractivity contribution in [2.24, 2.45) is 0 Å². The van der Waals surface area contributed by atoms with Gasteiger partial charge in [-0.2, -0.15) is 0 Å². The molecular formula is C62H68BN3. The number of nitrogens with zero attached hydrogens (tertiary/aromatic N) is 3. The van der Waals surface area contributed by atoms with E-state index >= 15 is 0 Å². The standard InChI is InChI=1S/C62H68BN3/c1-39-32-43(59(5,6)7)33-40(2)57(39)65-52-26-21-27-53-56(52)63(50-29-28-47(36-54(50)65)64(45-22-17-15-18-23-45)46-24-19-16-20-25-46)51-37-48-49(62(13,14)31-30-61(48,11)12)38-55(51)66(53)58-41(3)34-44(35-42(58)4)60(8,9)10/h15-29,32-38H,30-31H2,1-14H3. The van der Waals surface area contributed by atoms with Crippen molar-refractivity contribution in [3.8, 4) is 0 Å². The lowest BCUT2D eigenvalue weighted by molar-refractivity contribution is 0.332. The van der Waals surface area contributed by atoms with Crippen molar-refractivity contribution in [2.75, 3.05) is 14.7 Å². The van der Waals surface area contributed by atoms with Gasteiger partial charge in [0.2, 0.25) is 0 Å². The molecular weight excluding hydrogens is 798 g/mol. The number of rotatable bonds is 5. The second kappa shape index (κ2) is 15.3. The molecule has 3 aliphatic rings. The molecule has 0 spiro atoms. The first kappa shape index (κ1) is 43.9. The number of anilines is 9. The highest BCUT2D eigenvalue weighted by atomic mass is 15.2. The molecule has 0 amide bonds. The third-order valence-corrected chi connectivity index (χ3v) is 15.4. The van der Waals surface area contributed by atoms with Crippen LogP contribution >= 0.6 is 0 Å². The van der Waals surface area contributed by atoms with Gasteiger partial charge in [0, 0.05) is 39.8 Å². The van der Waals surface area contributed by atoms with Gasteiger partial charge in [0.15, 0.2) is 0 Å². The van der Waals surface area contributed by atoms with Crippen LogP contribution in [0.5, 0.6) is 0 Å². The Morgan fingerprint density at radius 3 is 1.30 bits per heavy atom. The molecule has 2 aliphatic heterocycles. The minimum absolute atomic E-state index is 0.0136. The van der Waals surface area contributed by atoms with Gasteiger partial charge < -0.3 is 14.7 Å². The largest absolute Gasteiger partial charge is 0.311 e. The molecule has 4 heteroatoms. The maximum absolute atomic E-state index is 2.67. The molecule has 1 aliphatic carbocycles. The fourth-order valence-electron chi connectivity index (χ4n) is 11.7. The Morgan fingerprint density at radius 2 is 0.864 bits per heavy atom. The van der Waals surface area contributed by atoms with E-state index in [0.717, 1.165) is 17.1 Å². The zero-order valence-corrected chi connectivity index (χ0v) is 42.0. The van der Waals surface area contributed by atoms with Crippen LogP contribution in [0, 0.1) is 27.7 Å². The Bertz CT molecular complexity index is 2970. The van der Waals surface area contributed by atoms with E-state index in [2.05, 4.69) is 245 Å². The van der Waals surface area contributed by atoms with Gasteiger partial charge in [0.25, 0.3) is 6.71 Å². The van der Waals surface area contributed by atoms with Crippen molar-refractivity contribution in [2.45, 2.75) is 131 Å². The van der Waals surface area contributed by atoms with E-state index in [9.17, 15) is 0 Å². The second-order valence-electron chi connectivity index (χ2n) is 23.2. The monoisotopic (exact) mass is 866 g/mol. The molecule has 0 unspecified atom stereocenters. The van der Waals surface area contributed by atoms with E-state index < -0.39 is 0 Å². The van der Waals surface area contributed by atoms with Crippen LogP contribution < -0.4 is 31.1 Å². The predicted molar refractivity (Wildman–Crippen MR) is 287 cm³/mol. The number of benzene rings is 7. The number of hydrogen-bond acceptors (Lipinski definition) is 3. The minimum atomic E-state index is 0.0136. The van der Waals surface area contributed by atoms with Crippen LogP contribution in [0.1, 0.15) is 127 Å². The molecule has 0 saturated heterocycles. The Kier molecular flexibility index (Phi) is 10.2. The average molecular weight is 866 g/mol. The summed E-state index contributed by atoms with van der Waals surface area (Å²) in [5, 5.41) is 0. The van der Waals surface area contributed by atoms with Crippen LogP contribution in [0.4, 0.5) is 51.2 Å². The van der Waals surface area contributed by atoms with Gasteiger partial charge >= 0.3 is 0 Å². The molecule has 0 aromatic heterocycles. The predicted octanol–water partition coefficient (Wildman–Crippen LogP) is 15.4. The van der Waals surface area contributed by atoms with Crippen molar-refractivity contribution in [3.05, 3.63) is 178 Å². The molecule has 0 saturated carbocycles. The number of fused-ring (bicyclic) bond motifs is 5. The van der Waals surface area contributed by atoms with Crippen molar-refractivity contribution >= 4 is 74.3 Å². The summed E-state index contributed by atoms with van der Waals surface area (Å²) in [5.41, 5.74) is 26.2. The lowest BCUT2D eigenvalue weighted by atomic mass is 9.33. The summed E-state index contributed by atoms with van der Waals surface area (Å²) in [6, 6.07) is 51.2. The quantitative estimate of drug-likeness (QED) is 0.160. The lowest BCUT2D eigenvalue weighted by Crippen LogP contribution is -2.62. The summed E-state index contributed by atoms with van der Waals surface area (Å²) < 4.78 is 0. The fraction of sp³-hybridized carbons (Fsp3) is 0.323. The van der Waals surface area contributed by atoms with Crippen molar-refractivity contribution < 1.29 is 0 Å². The zero-order chi connectivity index (χ0) is 46.8. The third-order valence-electron chi connectivity index (χ3n) is 15.4. The molecule has 0 atom stereocenters. The summed E-state index contributed by atoms with van der Waals surface area (Å²) in [5.74, 6) is 0. The maximum Gasteiger partial charge on any atom is 0.252 e. The normalized spacial score (nSPS) is 15.8. The first-order valence-corrected chi connectivity index (χ1v) is 24.4. The van der Waals surface area contributed by atoms with E-state index in [1.807, 2.05) is 0 Å². The first-order valence-electron chi connectivity index (χ1n) is 24.4. The third kappa shape index (κ3) is 7.01. The Hall–Kier alpha value is -6.00. The molecule has 0 radical (unpaired) electrons. The van der Waals surface area contributed by atoms with Gasteiger partial charge in [-0.3, -0.25) is 0 Å². The molecule has 0 fully saturated rings. The summed E-state index contributed by atoms with van der Waals surface area (Å²) in [6.07, 6.45) is 2.33. The van der Waals surface area contributed by atoms with E-state index in [1.165, 1.54) is 108 Å². The summed E-state index contributed by atoms with van der Waals surface area (Å²) in [6.45, 7) is 33.2. The molecule has 2 heterocycles. The number of hydrogen-bond donors (Lipinski definition) is 0. The van der Waals surface area contributed by atoms with Gasteiger partial charge in [0.1, 0.15) is 0 Å². The van der Waals surface area contributed by atoms with Crippen LogP contribution in [0.3, 0.4) is 0 Å². The fourth-order valence-corrected chi connectivity index (χ4v) is 11.7. The molecule has 66 heavy (non-hydrogen) atoms. The average Bonchev–Trinajstić information content (AvgIpc) is 3.26. The Morgan fingerprint density at radius 1 is 0.439 bits per heavy atom. The SMILES string of the molecule is Cc1cc(C(C)(C)C)cc(C)c1N1c2cc(N(c3ccccc3)c3ccccc3)ccc2B2c3cc4c(cc3N(c3c(C)cc(C(C)(C)C)cc3C)c3cccc1c32)C(C)(C)CCC4(C)C. The summed E-state index contributed by atoms with van der Waals surface area (Å²) in [7, 11) is 0. The first-order chi connectivity index (χ1) is 31.2. The van der Waals surface area contributed by atoms with Crippen LogP contribution in [-0.4, -0.2) is 6.71 Å². The molecule has 334 valence electrons. The van der Waals surface area contributed by atoms with Gasteiger partial charge in [-0.25, -0.2) is 0 Å². The van der Waals surface area contributed by atoms with Crippen molar-refractivity contribution in [3.63, 3.8) is 0 Å². The van der Waals surface area contributed by atoms with E-state index in [-0.39, 0.29) is 28.4 Å². The van der Waals surface area contributed by atoms with E-state index in [4.69, 9.17) is 0 Å². The molecule has 7 aromatic rings. The van der Waals surface area contributed by atoms with Crippen LogP contribution in [0.15, 0.2) is 133 Å². The summed E-state index contributed by atoms with van der Waals surface area (Å²) in [4.78, 5) is 7.72. The Labute approximate surface area is 396 Å². The topological polar surface area (TPSA) is 9.72 Å². The second-order valence-corrected chi connectivity index (χ2v) is 23.2. The number of aryl methyl sites for hydroxylation is 4. The number of para-hydroxylation sites is 2. The van der Waals surface area contributed by atoms with E-state index in [1.54, 1.807) is 0 Å². The zero-order valence-electron chi connectivity index (χ0n) is 42.0. The maximum atomic E-state index is 2.67. The minimum Gasteiger partial charge on any atom is -0.311 e. The van der Waals surface area contributed by atoms with E-state index in [0.29, 0.717) is 0 Å².